The number of hydrogen-bond acceptors (Lipinski definition) is 4. The minimum absolute atomic E-state index is 0.102. The van der Waals surface area contributed by atoms with Crippen LogP contribution in [0.1, 0.15) is 28.0 Å². The van der Waals surface area contributed by atoms with E-state index in [1.807, 2.05) is 0 Å². The number of nitrogens with zero attached hydrogens (tertiary/aromatic N) is 2. The fourth-order valence-corrected chi connectivity index (χ4v) is 2.75. The standard InChI is InChI=1S/C16H15ClFN3O3/c1-9-6-14(22)20-15(19-9)13-8-21(4-5-24-13)16(23)10-2-3-12(18)11(17)7-10/h2-3,6-7,13H,4-5,8H2,1H3,(H,19,20,22)/t13-/m1/s1. The lowest BCUT2D eigenvalue weighted by Gasteiger charge is -2.32. The van der Waals surface area contributed by atoms with E-state index < -0.39 is 11.9 Å². The molecule has 3 rings (SSSR count). The van der Waals surface area contributed by atoms with Gasteiger partial charge in [0.15, 0.2) is 0 Å². The zero-order valence-electron chi connectivity index (χ0n) is 12.9. The van der Waals surface area contributed by atoms with Crippen LogP contribution in [0.25, 0.3) is 0 Å². The van der Waals surface area contributed by atoms with Gasteiger partial charge in [0.25, 0.3) is 11.5 Å². The molecular formula is C16H15ClFN3O3. The maximum Gasteiger partial charge on any atom is 0.254 e. The van der Waals surface area contributed by atoms with Crippen LogP contribution >= 0.6 is 11.6 Å². The van der Waals surface area contributed by atoms with Gasteiger partial charge in [-0.2, -0.15) is 0 Å². The Bertz CT molecular complexity index is 840. The third-order valence-corrected chi connectivity index (χ3v) is 4.00. The number of carbonyl (C=O) groups is 1. The van der Waals surface area contributed by atoms with Gasteiger partial charge in [-0.25, -0.2) is 9.37 Å². The number of aromatic nitrogens is 2. The number of aryl methyl sites for hydroxylation is 1. The Morgan fingerprint density at radius 2 is 2.25 bits per heavy atom. The summed E-state index contributed by atoms with van der Waals surface area (Å²) in [5.41, 5.74) is 0.605. The molecule has 1 saturated heterocycles. The Kier molecular flexibility index (Phi) is 4.64. The molecule has 1 amide bonds. The highest BCUT2D eigenvalue weighted by Gasteiger charge is 2.28. The molecule has 0 spiro atoms. The van der Waals surface area contributed by atoms with Crippen molar-refractivity contribution in [2.75, 3.05) is 19.7 Å². The number of nitrogens with one attached hydrogen (secondary N) is 1. The highest BCUT2D eigenvalue weighted by molar-refractivity contribution is 6.31. The number of amides is 1. The molecule has 24 heavy (non-hydrogen) atoms. The first-order valence-corrected chi connectivity index (χ1v) is 7.75. The minimum Gasteiger partial charge on any atom is -0.367 e. The van der Waals surface area contributed by atoms with Crippen LogP contribution in [0.5, 0.6) is 0 Å². The average Bonchev–Trinajstić information content (AvgIpc) is 2.56. The molecule has 2 aromatic rings. The van der Waals surface area contributed by atoms with Gasteiger partial charge in [0.05, 0.1) is 18.2 Å². The van der Waals surface area contributed by atoms with Gasteiger partial charge < -0.3 is 14.6 Å². The maximum absolute atomic E-state index is 13.2. The number of carbonyl (C=O) groups excluding carboxylic acids is 1. The van der Waals surface area contributed by atoms with E-state index in [0.29, 0.717) is 30.2 Å². The predicted octanol–water partition coefficient (Wildman–Crippen LogP) is 2.08. The number of morpholine rings is 1. The molecule has 6 nitrogen and oxygen atoms in total. The van der Waals surface area contributed by atoms with Gasteiger partial charge in [-0.3, -0.25) is 9.59 Å². The van der Waals surface area contributed by atoms with Crippen molar-refractivity contribution < 1.29 is 13.9 Å². The monoisotopic (exact) mass is 351 g/mol. The van der Waals surface area contributed by atoms with Crippen molar-refractivity contribution in [2.24, 2.45) is 0 Å². The van der Waals surface area contributed by atoms with Crippen molar-refractivity contribution in [3.05, 3.63) is 62.5 Å². The smallest absolute Gasteiger partial charge is 0.254 e. The fourth-order valence-electron chi connectivity index (χ4n) is 2.57. The Morgan fingerprint density at radius 1 is 1.46 bits per heavy atom. The minimum atomic E-state index is -0.574. The van der Waals surface area contributed by atoms with Gasteiger partial charge in [-0.05, 0) is 25.1 Å². The second kappa shape index (κ2) is 6.70. The van der Waals surface area contributed by atoms with E-state index in [1.165, 1.54) is 18.2 Å². The van der Waals surface area contributed by atoms with E-state index in [4.69, 9.17) is 16.3 Å². The van der Waals surface area contributed by atoms with Crippen molar-refractivity contribution in [2.45, 2.75) is 13.0 Å². The van der Waals surface area contributed by atoms with Gasteiger partial charge in [-0.15, -0.1) is 0 Å². The molecule has 2 heterocycles. The van der Waals surface area contributed by atoms with Crippen LogP contribution in [-0.4, -0.2) is 40.5 Å². The molecule has 0 unspecified atom stereocenters. The van der Waals surface area contributed by atoms with Gasteiger partial charge in [0.1, 0.15) is 17.7 Å². The second-order valence-electron chi connectivity index (χ2n) is 5.51. The van der Waals surface area contributed by atoms with Gasteiger partial charge in [0.2, 0.25) is 0 Å². The molecule has 0 radical (unpaired) electrons. The Labute approximate surface area is 142 Å². The van der Waals surface area contributed by atoms with E-state index in [-0.39, 0.29) is 23.0 Å². The van der Waals surface area contributed by atoms with Crippen LogP contribution in [0.2, 0.25) is 5.02 Å². The van der Waals surface area contributed by atoms with Crippen LogP contribution in [0.3, 0.4) is 0 Å². The van der Waals surface area contributed by atoms with Crippen LogP contribution in [0.4, 0.5) is 4.39 Å². The molecule has 1 aliphatic rings. The van der Waals surface area contributed by atoms with Crippen molar-refractivity contribution in [1.82, 2.24) is 14.9 Å². The Hall–Kier alpha value is -2.25. The van der Waals surface area contributed by atoms with Crippen molar-refractivity contribution in [1.29, 1.82) is 0 Å². The Morgan fingerprint density at radius 3 is 2.96 bits per heavy atom. The zero-order chi connectivity index (χ0) is 17.3. The largest absolute Gasteiger partial charge is 0.367 e. The third-order valence-electron chi connectivity index (χ3n) is 3.71. The summed E-state index contributed by atoms with van der Waals surface area (Å²) < 4.78 is 18.9. The number of ether oxygens (including phenoxy) is 1. The molecule has 1 atom stereocenters. The highest BCUT2D eigenvalue weighted by Crippen LogP contribution is 2.22. The van der Waals surface area contributed by atoms with Crippen molar-refractivity contribution in [3.63, 3.8) is 0 Å². The van der Waals surface area contributed by atoms with Crippen LogP contribution in [0.15, 0.2) is 29.1 Å². The first-order chi connectivity index (χ1) is 11.4. The summed E-state index contributed by atoms with van der Waals surface area (Å²) in [6.07, 6.45) is -0.522. The van der Waals surface area contributed by atoms with Gasteiger partial charge >= 0.3 is 0 Å². The molecule has 0 aliphatic carbocycles. The molecule has 1 fully saturated rings. The average molecular weight is 352 g/mol. The summed E-state index contributed by atoms with van der Waals surface area (Å²) in [7, 11) is 0. The van der Waals surface area contributed by atoms with E-state index in [1.54, 1.807) is 11.8 Å². The molecule has 8 heteroatoms. The lowest BCUT2D eigenvalue weighted by Crippen LogP contribution is -2.43. The molecule has 1 N–H and O–H groups in total. The quantitative estimate of drug-likeness (QED) is 0.899. The fraction of sp³-hybridized carbons (Fsp3) is 0.312. The summed E-state index contributed by atoms with van der Waals surface area (Å²) in [6.45, 7) is 2.65. The summed E-state index contributed by atoms with van der Waals surface area (Å²) in [5, 5.41) is -0.102. The number of benzene rings is 1. The maximum atomic E-state index is 13.2. The summed E-state index contributed by atoms with van der Waals surface area (Å²) in [5.74, 6) is -0.468. The van der Waals surface area contributed by atoms with Gasteiger partial charge in [0, 0.05) is 23.9 Å². The lowest BCUT2D eigenvalue weighted by atomic mass is 10.1. The summed E-state index contributed by atoms with van der Waals surface area (Å²) in [4.78, 5) is 32.6. The van der Waals surface area contributed by atoms with Crippen molar-refractivity contribution in [3.8, 4) is 0 Å². The highest BCUT2D eigenvalue weighted by atomic mass is 35.5. The Balaban J connectivity index is 1.81. The molecule has 126 valence electrons. The number of H-pyrrole nitrogens is 1. The molecule has 1 aliphatic heterocycles. The number of halogens is 2. The topological polar surface area (TPSA) is 75.3 Å². The van der Waals surface area contributed by atoms with Crippen LogP contribution in [-0.2, 0) is 4.74 Å². The molecule has 0 bridgehead atoms. The first kappa shape index (κ1) is 16.6. The zero-order valence-corrected chi connectivity index (χ0v) is 13.6. The summed E-state index contributed by atoms with van der Waals surface area (Å²) in [6, 6.07) is 5.24. The molecule has 1 aromatic heterocycles. The number of aromatic amines is 1. The summed E-state index contributed by atoms with van der Waals surface area (Å²) >= 11 is 5.74. The first-order valence-electron chi connectivity index (χ1n) is 7.38. The predicted molar refractivity (Wildman–Crippen MR) is 85.6 cm³/mol. The lowest BCUT2D eigenvalue weighted by molar-refractivity contribution is -0.0269. The van der Waals surface area contributed by atoms with Crippen LogP contribution in [0, 0.1) is 12.7 Å². The van der Waals surface area contributed by atoms with E-state index in [9.17, 15) is 14.0 Å². The SMILES string of the molecule is Cc1cc(=O)[nH]c([C@H]2CN(C(=O)c3ccc(F)c(Cl)c3)CCO2)n1. The molecular weight excluding hydrogens is 337 g/mol. The third kappa shape index (κ3) is 3.47. The molecule has 1 aromatic carbocycles. The van der Waals surface area contributed by atoms with E-state index in [2.05, 4.69) is 9.97 Å². The van der Waals surface area contributed by atoms with E-state index in [0.717, 1.165) is 6.07 Å². The molecule has 0 saturated carbocycles. The van der Waals surface area contributed by atoms with E-state index >= 15 is 0 Å². The van der Waals surface area contributed by atoms with Gasteiger partial charge in [-0.1, -0.05) is 11.6 Å². The number of hydrogen-bond donors (Lipinski definition) is 1. The number of rotatable bonds is 2. The van der Waals surface area contributed by atoms with Crippen LogP contribution < -0.4 is 5.56 Å². The second-order valence-corrected chi connectivity index (χ2v) is 5.92. The normalized spacial score (nSPS) is 17.8. The van der Waals surface area contributed by atoms with Crippen molar-refractivity contribution >= 4 is 17.5 Å².